The number of hydrogen-bond acceptors (Lipinski definition) is 5. The van der Waals surface area contributed by atoms with E-state index in [1.165, 1.54) is 27.8 Å². The van der Waals surface area contributed by atoms with E-state index in [1.54, 1.807) is 0 Å². The van der Waals surface area contributed by atoms with Crippen LogP contribution in [0.25, 0.3) is 27.8 Å². The first-order valence-electron chi connectivity index (χ1n) is 12.4. The minimum Gasteiger partial charge on any atom is -0.448 e. The quantitative estimate of drug-likeness (QED) is 0.365. The highest BCUT2D eigenvalue weighted by molar-refractivity contribution is 5.82. The standard InChI is InChI=1S/C30H26N2O4/c1-18-31-28-14-19(10-11-29(28)36-18)20-12-21-15-34-16-22(13-20)32(21)30(33)35-17-27-25-8-4-2-6-23(25)24-7-3-5-9-26(24)27/h2-12,14,21-22,27H,13,15-17H2,1H3. The van der Waals surface area contributed by atoms with Crippen molar-refractivity contribution >= 4 is 22.8 Å². The van der Waals surface area contributed by atoms with E-state index < -0.39 is 0 Å². The highest BCUT2D eigenvalue weighted by Crippen LogP contribution is 2.44. The van der Waals surface area contributed by atoms with Crippen LogP contribution in [-0.4, -0.2) is 47.9 Å². The number of aryl methyl sites for hydroxylation is 1. The fourth-order valence-corrected chi connectivity index (χ4v) is 6.01. The van der Waals surface area contributed by atoms with Crippen LogP contribution in [0.3, 0.4) is 0 Å². The van der Waals surface area contributed by atoms with E-state index in [0.29, 0.717) is 32.1 Å². The summed E-state index contributed by atoms with van der Waals surface area (Å²) in [5.41, 5.74) is 8.85. The molecule has 3 aromatic carbocycles. The molecule has 4 aromatic rings. The zero-order valence-electron chi connectivity index (χ0n) is 20.0. The van der Waals surface area contributed by atoms with Gasteiger partial charge < -0.3 is 13.9 Å². The lowest BCUT2D eigenvalue weighted by Gasteiger charge is -2.44. The minimum atomic E-state index is -0.270. The Balaban J connectivity index is 1.12. The van der Waals surface area contributed by atoms with Gasteiger partial charge in [0.15, 0.2) is 11.5 Å². The molecular weight excluding hydrogens is 452 g/mol. The van der Waals surface area contributed by atoms with E-state index in [4.69, 9.17) is 13.9 Å². The van der Waals surface area contributed by atoms with Gasteiger partial charge in [-0.2, -0.15) is 0 Å². The van der Waals surface area contributed by atoms with Crippen LogP contribution in [-0.2, 0) is 9.47 Å². The van der Waals surface area contributed by atoms with Gasteiger partial charge in [0.2, 0.25) is 0 Å². The van der Waals surface area contributed by atoms with E-state index in [1.807, 2.05) is 17.9 Å². The van der Waals surface area contributed by atoms with Gasteiger partial charge in [-0.15, -0.1) is 0 Å². The van der Waals surface area contributed by atoms with E-state index in [0.717, 1.165) is 16.7 Å². The molecule has 0 spiro atoms. The van der Waals surface area contributed by atoms with Crippen LogP contribution in [0.5, 0.6) is 0 Å². The number of ether oxygens (including phenoxy) is 2. The van der Waals surface area contributed by atoms with Crippen LogP contribution in [0.1, 0.15) is 34.9 Å². The lowest BCUT2D eigenvalue weighted by atomic mass is 9.90. The van der Waals surface area contributed by atoms with Crippen molar-refractivity contribution in [1.82, 2.24) is 9.88 Å². The fourth-order valence-electron chi connectivity index (χ4n) is 6.01. The third-order valence-corrected chi connectivity index (χ3v) is 7.61. The molecule has 6 heteroatoms. The molecule has 2 atom stereocenters. The minimum absolute atomic E-state index is 0.0472. The predicted octanol–water partition coefficient (Wildman–Crippen LogP) is 5.94. The monoisotopic (exact) mass is 478 g/mol. The molecule has 1 saturated heterocycles. The molecule has 6 nitrogen and oxygen atoms in total. The second-order valence-electron chi connectivity index (χ2n) is 9.78. The van der Waals surface area contributed by atoms with Crippen molar-refractivity contribution in [3.05, 3.63) is 95.4 Å². The Kier molecular flexibility index (Phi) is 4.96. The van der Waals surface area contributed by atoms with Crippen molar-refractivity contribution in [2.75, 3.05) is 19.8 Å². The van der Waals surface area contributed by atoms with Crippen molar-refractivity contribution in [3.8, 4) is 11.1 Å². The van der Waals surface area contributed by atoms with Gasteiger partial charge in [-0.1, -0.05) is 60.7 Å². The Hall–Kier alpha value is -3.90. The van der Waals surface area contributed by atoms with E-state index >= 15 is 0 Å². The second kappa shape index (κ2) is 8.35. The second-order valence-corrected chi connectivity index (χ2v) is 9.78. The Bertz CT molecular complexity index is 1470. The van der Waals surface area contributed by atoms with Gasteiger partial charge in [-0.05, 0) is 51.9 Å². The third-order valence-electron chi connectivity index (χ3n) is 7.61. The largest absolute Gasteiger partial charge is 0.448 e. The summed E-state index contributed by atoms with van der Waals surface area (Å²) < 4.78 is 17.4. The molecule has 1 aliphatic carbocycles. The molecular formula is C30H26N2O4. The molecule has 36 heavy (non-hydrogen) atoms. The smallest absolute Gasteiger partial charge is 0.410 e. The number of fused-ring (bicyclic) bond motifs is 6. The average molecular weight is 479 g/mol. The SMILES string of the molecule is Cc1nc2cc(C3=CC4COCC(C3)N4C(=O)OCC3c4ccccc4-c4ccccc43)ccc2o1. The summed E-state index contributed by atoms with van der Waals surface area (Å²) in [7, 11) is 0. The Labute approximate surface area is 209 Å². The topological polar surface area (TPSA) is 64.8 Å². The third kappa shape index (κ3) is 3.44. The molecule has 2 unspecified atom stereocenters. The molecule has 2 aliphatic heterocycles. The fraction of sp³-hybridized carbons (Fsp3) is 0.267. The van der Waals surface area contributed by atoms with Crippen LogP contribution in [0.15, 0.2) is 77.2 Å². The van der Waals surface area contributed by atoms with Crippen LogP contribution in [0, 0.1) is 6.92 Å². The molecule has 0 N–H and O–H groups in total. The van der Waals surface area contributed by atoms with Crippen molar-refractivity contribution in [1.29, 1.82) is 0 Å². The zero-order chi connectivity index (χ0) is 24.2. The van der Waals surface area contributed by atoms with Crippen molar-refractivity contribution in [2.24, 2.45) is 0 Å². The lowest BCUT2D eigenvalue weighted by Crippen LogP contribution is -2.56. The molecule has 0 saturated carbocycles. The summed E-state index contributed by atoms with van der Waals surface area (Å²) >= 11 is 0. The molecule has 3 heterocycles. The number of morpholine rings is 1. The highest BCUT2D eigenvalue weighted by Gasteiger charge is 2.40. The number of benzene rings is 3. The summed E-state index contributed by atoms with van der Waals surface area (Å²) in [5.74, 6) is 0.706. The van der Waals surface area contributed by atoms with Crippen LogP contribution >= 0.6 is 0 Å². The van der Waals surface area contributed by atoms with E-state index in [-0.39, 0.29) is 24.1 Å². The molecule has 3 aliphatic rings. The Morgan fingerprint density at radius 1 is 1.03 bits per heavy atom. The first-order chi connectivity index (χ1) is 17.7. The number of aromatic nitrogens is 1. The van der Waals surface area contributed by atoms with Gasteiger partial charge in [-0.25, -0.2) is 9.78 Å². The maximum atomic E-state index is 13.4. The van der Waals surface area contributed by atoms with Crippen molar-refractivity contribution < 1.29 is 18.7 Å². The molecule has 1 fully saturated rings. The maximum absolute atomic E-state index is 13.4. The van der Waals surface area contributed by atoms with Gasteiger partial charge in [0.25, 0.3) is 0 Å². The summed E-state index contributed by atoms with van der Waals surface area (Å²) in [6.45, 7) is 3.15. The molecule has 7 rings (SSSR count). The predicted molar refractivity (Wildman–Crippen MR) is 137 cm³/mol. The van der Waals surface area contributed by atoms with Gasteiger partial charge in [0.05, 0.1) is 25.3 Å². The number of amides is 1. The summed E-state index contributed by atoms with van der Waals surface area (Å²) in [4.78, 5) is 19.8. The summed E-state index contributed by atoms with van der Waals surface area (Å²) in [6, 6.07) is 22.7. The van der Waals surface area contributed by atoms with E-state index in [9.17, 15) is 4.79 Å². The molecule has 0 radical (unpaired) electrons. The van der Waals surface area contributed by atoms with Crippen LogP contribution in [0.2, 0.25) is 0 Å². The highest BCUT2D eigenvalue weighted by atomic mass is 16.6. The number of nitrogens with zero attached hydrogens (tertiary/aromatic N) is 2. The number of oxazole rings is 1. The van der Waals surface area contributed by atoms with Gasteiger partial charge in [0, 0.05) is 12.8 Å². The number of hydrogen-bond donors (Lipinski definition) is 0. The van der Waals surface area contributed by atoms with Gasteiger partial charge in [0.1, 0.15) is 12.1 Å². The first-order valence-corrected chi connectivity index (χ1v) is 12.4. The lowest BCUT2D eigenvalue weighted by molar-refractivity contribution is -0.0331. The molecule has 180 valence electrons. The Morgan fingerprint density at radius 2 is 1.78 bits per heavy atom. The van der Waals surface area contributed by atoms with Crippen molar-refractivity contribution in [3.63, 3.8) is 0 Å². The summed E-state index contributed by atoms with van der Waals surface area (Å²) in [6.07, 6.45) is 2.59. The molecule has 1 aromatic heterocycles. The number of carbonyl (C=O) groups is 1. The van der Waals surface area contributed by atoms with Crippen LogP contribution < -0.4 is 0 Å². The van der Waals surface area contributed by atoms with Crippen LogP contribution in [0.4, 0.5) is 4.79 Å². The van der Waals surface area contributed by atoms with E-state index in [2.05, 4.69) is 71.7 Å². The van der Waals surface area contributed by atoms with Crippen molar-refractivity contribution in [2.45, 2.75) is 31.3 Å². The molecule has 1 amide bonds. The van der Waals surface area contributed by atoms with Gasteiger partial charge in [-0.3, -0.25) is 4.90 Å². The summed E-state index contributed by atoms with van der Waals surface area (Å²) in [5, 5.41) is 0. The first kappa shape index (κ1) is 21.4. The average Bonchev–Trinajstić information content (AvgIpc) is 3.42. The zero-order valence-corrected chi connectivity index (χ0v) is 20.0. The number of carbonyl (C=O) groups excluding carboxylic acids is 1. The molecule has 2 bridgehead atoms. The maximum Gasteiger partial charge on any atom is 0.410 e. The van der Waals surface area contributed by atoms with Gasteiger partial charge >= 0.3 is 6.09 Å². The Morgan fingerprint density at radius 3 is 2.53 bits per heavy atom. The number of rotatable bonds is 3. The normalized spacial score (nSPS) is 20.7.